The van der Waals surface area contributed by atoms with E-state index in [4.69, 9.17) is 14.2 Å². The molecule has 0 aliphatic rings. The van der Waals surface area contributed by atoms with Gasteiger partial charge in [0.1, 0.15) is 17.2 Å². The minimum Gasteiger partial charge on any atom is -0.496 e. The highest BCUT2D eigenvalue weighted by Crippen LogP contribution is 2.34. The van der Waals surface area contributed by atoms with Gasteiger partial charge in [-0.2, -0.15) is 0 Å². The van der Waals surface area contributed by atoms with Crippen molar-refractivity contribution >= 4 is 41.3 Å². The van der Waals surface area contributed by atoms with E-state index in [2.05, 4.69) is 34.5 Å². The maximum absolute atomic E-state index is 5.51. The summed E-state index contributed by atoms with van der Waals surface area (Å²) in [5.41, 5.74) is 0.993. The van der Waals surface area contributed by atoms with Crippen LogP contribution in [0.15, 0.2) is 23.3 Å². The van der Waals surface area contributed by atoms with Crippen LogP contribution in [0.3, 0.4) is 0 Å². The van der Waals surface area contributed by atoms with Gasteiger partial charge in [0, 0.05) is 54.8 Å². The van der Waals surface area contributed by atoms with E-state index in [1.807, 2.05) is 18.3 Å². The number of aryl methyl sites for hydroxylation is 1. The molecular formula is C20H31IN4O3S. The van der Waals surface area contributed by atoms with Gasteiger partial charge >= 0.3 is 0 Å². The first-order chi connectivity index (χ1) is 13.6. The first-order valence-corrected chi connectivity index (χ1v) is 10.1. The lowest BCUT2D eigenvalue weighted by Gasteiger charge is -2.16. The summed E-state index contributed by atoms with van der Waals surface area (Å²) in [4.78, 5) is 10.3. The summed E-state index contributed by atoms with van der Waals surface area (Å²) in [6.45, 7) is 6.31. The third-order valence-electron chi connectivity index (χ3n) is 4.09. The van der Waals surface area contributed by atoms with E-state index in [1.54, 1.807) is 32.7 Å². The summed E-state index contributed by atoms with van der Waals surface area (Å²) in [6, 6.07) is 3.74. The molecule has 0 bridgehead atoms. The molecule has 162 valence electrons. The number of halogens is 1. The van der Waals surface area contributed by atoms with Crippen LogP contribution in [0.5, 0.6) is 17.2 Å². The van der Waals surface area contributed by atoms with Crippen LogP contribution >= 0.6 is 35.3 Å². The predicted molar refractivity (Wildman–Crippen MR) is 130 cm³/mol. The van der Waals surface area contributed by atoms with Gasteiger partial charge < -0.3 is 24.8 Å². The number of methoxy groups -OCH3 is 3. The first-order valence-electron chi connectivity index (χ1n) is 9.33. The van der Waals surface area contributed by atoms with Crippen LogP contribution in [-0.2, 0) is 12.8 Å². The number of aliphatic imine (C=N–C) groups is 1. The minimum atomic E-state index is 0. The number of hydrogen-bond acceptors (Lipinski definition) is 6. The maximum atomic E-state index is 5.51. The number of ether oxygens (including phenoxy) is 3. The van der Waals surface area contributed by atoms with Gasteiger partial charge in [-0.3, -0.25) is 4.99 Å². The Morgan fingerprint density at radius 3 is 2.28 bits per heavy atom. The van der Waals surface area contributed by atoms with E-state index in [9.17, 15) is 0 Å². The molecule has 2 aromatic rings. The molecule has 0 unspecified atom stereocenters. The minimum absolute atomic E-state index is 0. The van der Waals surface area contributed by atoms with Crippen LogP contribution in [0.1, 0.15) is 22.4 Å². The van der Waals surface area contributed by atoms with Gasteiger partial charge in [-0.1, -0.05) is 0 Å². The number of guanidine groups is 1. The molecule has 0 saturated carbocycles. The number of rotatable bonds is 10. The van der Waals surface area contributed by atoms with Crippen LogP contribution < -0.4 is 24.8 Å². The maximum Gasteiger partial charge on any atom is 0.191 e. The van der Waals surface area contributed by atoms with E-state index in [-0.39, 0.29) is 24.0 Å². The monoisotopic (exact) mass is 534 g/mol. The van der Waals surface area contributed by atoms with E-state index in [1.165, 1.54) is 4.88 Å². The fraction of sp³-hybridized carbons (Fsp3) is 0.500. The molecule has 0 atom stereocenters. The van der Waals surface area contributed by atoms with Crippen LogP contribution in [0, 0.1) is 6.92 Å². The predicted octanol–water partition coefficient (Wildman–Crippen LogP) is 3.44. The smallest absolute Gasteiger partial charge is 0.191 e. The number of nitrogens with zero attached hydrogens (tertiary/aromatic N) is 2. The molecule has 29 heavy (non-hydrogen) atoms. The summed E-state index contributed by atoms with van der Waals surface area (Å²) in [5, 5.41) is 7.76. The quantitative estimate of drug-likeness (QED) is 0.277. The Labute approximate surface area is 194 Å². The number of thiazole rings is 1. The molecule has 0 amide bonds. The number of hydrogen-bond donors (Lipinski definition) is 2. The van der Waals surface area contributed by atoms with E-state index < -0.39 is 0 Å². The molecule has 1 aromatic carbocycles. The SMILES string of the molecule is CCNC(=NCCc1ncc(C)s1)NCCc1c(OC)cc(OC)cc1OC.I. The van der Waals surface area contributed by atoms with E-state index in [0.717, 1.165) is 47.4 Å². The fourth-order valence-electron chi connectivity index (χ4n) is 2.75. The second-order valence-electron chi connectivity index (χ2n) is 6.06. The van der Waals surface area contributed by atoms with Crippen molar-refractivity contribution < 1.29 is 14.2 Å². The van der Waals surface area contributed by atoms with Gasteiger partial charge in [-0.15, -0.1) is 35.3 Å². The largest absolute Gasteiger partial charge is 0.496 e. The lowest BCUT2D eigenvalue weighted by atomic mass is 10.1. The Morgan fingerprint density at radius 1 is 1.07 bits per heavy atom. The Hall–Kier alpha value is -1.75. The zero-order valence-electron chi connectivity index (χ0n) is 17.7. The second-order valence-corrected chi connectivity index (χ2v) is 7.38. The lowest BCUT2D eigenvalue weighted by molar-refractivity contribution is 0.368. The zero-order valence-corrected chi connectivity index (χ0v) is 20.9. The van der Waals surface area contributed by atoms with Crippen molar-refractivity contribution in [2.45, 2.75) is 26.7 Å². The van der Waals surface area contributed by atoms with Crippen LogP contribution in [0.2, 0.25) is 0 Å². The van der Waals surface area contributed by atoms with Crippen molar-refractivity contribution in [2.24, 2.45) is 4.99 Å². The highest BCUT2D eigenvalue weighted by Gasteiger charge is 2.13. The zero-order chi connectivity index (χ0) is 20.4. The van der Waals surface area contributed by atoms with Crippen molar-refractivity contribution in [2.75, 3.05) is 41.0 Å². The van der Waals surface area contributed by atoms with Crippen molar-refractivity contribution in [1.82, 2.24) is 15.6 Å². The molecule has 2 N–H and O–H groups in total. The third kappa shape index (κ3) is 7.88. The van der Waals surface area contributed by atoms with Crippen LogP contribution in [0.25, 0.3) is 0 Å². The highest BCUT2D eigenvalue weighted by atomic mass is 127. The molecule has 0 aliphatic heterocycles. The van der Waals surface area contributed by atoms with Crippen LogP contribution in [0.4, 0.5) is 0 Å². The average molecular weight is 534 g/mol. The second kappa shape index (κ2) is 13.5. The summed E-state index contributed by atoms with van der Waals surface area (Å²) in [6.07, 6.45) is 3.48. The Bertz CT molecular complexity index is 758. The normalized spacial score (nSPS) is 10.9. The van der Waals surface area contributed by atoms with Gasteiger partial charge in [-0.25, -0.2) is 4.98 Å². The molecule has 2 rings (SSSR count). The molecule has 0 saturated heterocycles. The standard InChI is InChI=1S/C20H30N4O3S.HI/c1-6-21-20(23-10-8-19-24-13-14(2)28-19)22-9-7-16-17(26-4)11-15(25-3)12-18(16)27-5;/h11-13H,6-10H2,1-5H3,(H2,21,22,23);1H. The summed E-state index contributed by atoms with van der Waals surface area (Å²) < 4.78 is 16.3. The van der Waals surface area contributed by atoms with Gasteiger partial charge in [0.25, 0.3) is 0 Å². The fourth-order valence-corrected chi connectivity index (χ4v) is 3.53. The Morgan fingerprint density at radius 2 is 1.76 bits per heavy atom. The van der Waals surface area contributed by atoms with E-state index in [0.29, 0.717) is 18.8 Å². The summed E-state index contributed by atoms with van der Waals surface area (Å²) in [7, 11) is 4.93. The summed E-state index contributed by atoms with van der Waals surface area (Å²) >= 11 is 1.72. The van der Waals surface area contributed by atoms with Crippen molar-refractivity contribution in [3.05, 3.63) is 33.8 Å². The van der Waals surface area contributed by atoms with Crippen molar-refractivity contribution in [1.29, 1.82) is 0 Å². The van der Waals surface area contributed by atoms with Crippen molar-refractivity contribution in [3.8, 4) is 17.2 Å². The molecule has 7 nitrogen and oxygen atoms in total. The van der Waals surface area contributed by atoms with Crippen LogP contribution in [-0.4, -0.2) is 51.9 Å². The molecule has 0 aliphatic carbocycles. The number of nitrogens with one attached hydrogen (secondary N) is 2. The molecule has 1 aromatic heterocycles. The summed E-state index contributed by atoms with van der Waals surface area (Å²) in [5.74, 6) is 3.00. The molecule has 0 spiro atoms. The molecule has 0 radical (unpaired) electrons. The third-order valence-corrected chi connectivity index (χ3v) is 5.07. The van der Waals surface area contributed by atoms with E-state index >= 15 is 0 Å². The van der Waals surface area contributed by atoms with Gasteiger partial charge in [0.15, 0.2) is 5.96 Å². The molecular weight excluding hydrogens is 503 g/mol. The molecule has 1 heterocycles. The van der Waals surface area contributed by atoms with Gasteiger partial charge in [0.05, 0.1) is 26.3 Å². The topological polar surface area (TPSA) is 77.0 Å². The highest BCUT2D eigenvalue weighted by molar-refractivity contribution is 14.0. The van der Waals surface area contributed by atoms with Crippen molar-refractivity contribution in [3.63, 3.8) is 0 Å². The lowest BCUT2D eigenvalue weighted by Crippen LogP contribution is -2.38. The Balaban J connectivity index is 0.00000420. The number of aromatic nitrogens is 1. The molecule has 0 fully saturated rings. The first kappa shape index (κ1) is 25.3. The number of benzene rings is 1. The average Bonchev–Trinajstić information content (AvgIpc) is 3.12. The molecule has 9 heteroatoms. The Kier molecular flexibility index (Phi) is 11.7. The van der Waals surface area contributed by atoms with Gasteiger partial charge in [-0.05, 0) is 20.3 Å². The van der Waals surface area contributed by atoms with Gasteiger partial charge in [0.2, 0.25) is 0 Å².